The van der Waals surface area contributed by atoms with Crippen LogP contribution in [0.5, 0.6) is 0 Å². The van der Waals surface area contributed by atoms with Gasteiger partial charge in [-0.25, -0.2) is 9.07 Å². The fraction of sp³-hybridized carbons (Fsp3) is 0.500. The van der Waals surface area contributed by atoms with Crippen LogP contribution in [0.25, 0.3) is 11.4 Å². The average Bonchev–Trinajstić information content (AvgIpc) is 2.81. The average molecular weight is 277 g/mol. The molecule has 6 heteroatoms. The minimum Gasteiger partial charge on any atom is -0.399 e. The van der Waals surface area contributed by atoms with Crippen molar-refractivity contribution in [1.29, 1.82) is 0 Å². The monoisotopic (exact) mass is 277 g/mol. The SMILES string of the molecule is Cc1cc(N)cc(-c2nnnn2C(C)CC(C)C)c1F. The Morgan fingerprint density at radius 3 is 2.65 bits per heavy atom. The molecule has 1 atom stereocenters. The van der Waals surface area contributed by atoms with Crippen LogP contribution in [-0.2, 0) is 0 Å². The highest BCUT2D eigenvalue weighted by molar-refractivity contribution is 5.63. The molecular weight excluding hydrogens is 257 g/mol. The summed E-state index contributed by atoms with van der Waals surface area (Å²) in [5, 5.41) is 11.6. The van der Waals surface area contributed by atoms with Gasteiger partial charge >= 0.3 is 0 Å². The first-order chi connectivity index (χ1) is 9.40. The van der Waals surface area contributed by atoms with Crippen LogP contribution < -0.4 is 5.73 Å². The van der Waals surface area contributed by atoms with Gasteiger partial charge in [0, 0.05) is 5.69 Å². The summed E-state index contributed by atoms with van der Waals surface area (Å²) in [6.45, 7) is 7.97. The lowest BCUT2D eigenvalue weighted by Crippen LogP contribution is -2.12. The lowest BCUT2D eigenvalue weighted by atomic mass is 10.0. The molecule has 0 radical (unpaired) electrons. The van der Waals surface area contributed by atoms with E-state index in [9.17, 15) is 4.39 Å². The first-order valence-corrected chi connectivity index (χ1v) is 6.74. The molecule has 1 heterocycles. The Bertz CT molecular complexity index is 606. The Morgan fingerprint density at radius 1 is 1.30 bits per heavy atom. The van der Waals surface area contributed by atoms with E-state index in [0.29, 0.717) is 28.6 Å². The van der Waals surface area contributed by atoms with Gasteiger partial charge in [0.15, 0.2) is 5.82 Å². The molecule has 108 valence electrons. The molecule has 0 bridgehead atoms. The zero-order valence-electron chi connectivity index (χ0n) is 12.3. The Morgan fingerprint density at radius 2 is 2.00 bits per heavy atom. The summed E-state index contributed by atoms with van der Waals surface area (Å²) < 4.78 is 16.0. The first kappa shape index (κ1) is 14.4. The Hall–Kier alpha value is -1.98. The van der Waals surface area contributed by atoms with Gasteiger partial charge in [-0.1, -0.05) is 13.8 Å². The van der Waals surface area contributed by atoms with E-state index < -0.39 is 0 Å². The number of benzene rings is 1. The van der Waals surface area contributed by atoms with Gasteiger partial charge in [-0.05, 0) is 54.3 Å². The van der Waals surface area contributed by atoms with Crippen molar-refractivity contribution in [2.75, 3.05) is 5.73 Å². The van der Waals surface area contributed by atoms with Gasteiger partial charge in [0.05, 0.1) is 11.6 Å². The number of nitrogens with two attached hydrogens (primary N) is 1. The summed E-state index contributed by atoms with van der Waals surface area (Å²) in [7, 11) is 0. The topological polar surface area (TPSA) is 69.6 Å². The highest BCUT2D eigenvalue weighted by Gasteiger charge is 2.19. The Kier molecular flexibility index (Phi) is 4.01. The van der Waals surface area contributed by atoms with Crippen molar-refractivity contribution in [1.82, 2.24) is 20.2 Å². The summed E-state index contributed by atoms with van der Waals surface area (Å²) in [5.74, 6) is 0.604. The summed E-state index contributed by atoms with van der Waals surface area (Å²) in [6, 6.07) is 3.28. The fourth-order valence-electron chi connectivity index (χ4n) is 2.41. The lowest BCUT2D eigenvalue weighted by Gasteiger charge is -2.16. The van der Waals surface area contributed by atoms with Gasteiger partial charge in [0.1, 0.15) is 5.82 Å². The third-order valence-corrected chi connectivity index (χ3v) is 3.24. The van der Waals surface area contributed by atoms with E-state index in [2.05, 4.69) is 29.4 Å². The minimum absolute atomic E-state index is 0.0983. The maximum atomic E-state index is 14.3. The predicted molar refractivity (Wildman–Crippen MR) is 76.5 cm³/mol. The number of tetrazole rings is 1. The number of aromatic nitrogens is 4. The molecule has 0 amide bonds. The molecule has 0 saturated carbocycles. The van der Waals surface area contributed by atoms with Gasteiger partial charge < -0.3 is 5.73 Å². The number of nitrogens with zero attached hydrogens (tertiary/aromatic N) is 4. The third kappa shape index (κ3) is 2.79. The van der Waals surface area contributed by atoms with Gasteiger partial charge in [-0.3, -0.25) is 0 Å². The second-order valence-electron chi connectivity index (χ2n) is 5.62. The van der Waals surface area contributed by atoms with E-state index in [4.69, 9.17) is 5.73 Å². The van der Waals surface area contributed by atoms with Crippen LogP contribution in [0.3, 0.4) is 0 Å². The first-order valence-electron chi connectivity index (χ1n) is 6.74. The molecule has 5 nitrogen and oxygen atoms in total. The second-order valence-corrected chi connectivity index (χ2v) is 5.62. The van der Waals surface area contributed by atoms with E-state index >= 15 is 0 Å². The molecule has 1 unspecified atom stereocenters. The van der Waals surface area contributed by atoms with Crippen LogP contribution in [0.1, 0.15) is 38.8 Å². The lowest BCUT2D eigenvalue weighted by molar-refractivity contribution is 0.393. The minimum atomic E-state index is -0.327. The van der Waals surface area contributed by atoms with Crippen LogP contribution in [0, 0.1) is 18.7 Å². The smallest absolute Gasteiger partial charge is 0.185 e. The molecule has 0 aliphatic heterocycles. The van der Waals surface area contributed by atoms with Crippen molar-refractivity contribution in [3.63, 3.8) is 0 Å². The van der Waals surface area contributed by atoms with Crippen LogP contribution in [0.4, 0.5) is 10.1 Å². The molecule has 0 saturated heterocycles. The van der Waals surface area contributed by atoms with E-state index in [0.717, 1.165) is 6.42 Å². The normalized spacial score (nSPS) is 12.9. The molecule has 1 aromatic heterocycles. The van der Waals surface area contributed by atoms with Gasteiger partial charge in [-0.2, -0.15) is 0 Å². The quantitative estimate of drug-likeness (QED) is 0.872. The number of aryl methyl sites for hydroxylation is 1. The van der Waals surface area contributed by atoms with E-state index in [1.165, 1.54) is 0 Å². The van der Waals surface area contributed by atoms with E-state index in [-0.39, 0.29) is 11.9 Å². The van der Waals surface area contributed by atoms with Crippen molar-refractivity contribution in [3.05, 3.63) is 23.5 Å². The molecule has 1 aromatic carbocycles. The van der Waals surface area contributed by atoms with Gasteiger partial charge in [0.2, 0.25) is 0 Å². The predicted octanol–water partition coefficient (Wildman–Crippen LogP) is 2.98. The van der Waals surface area contributed by atoms with Crippen molar-refractivity contribution >= 4 is 5.69 Å². The van der Waals surface area contributed by atoms with Crippen molar-refractivity contribution in [3.8, 4) is 11.4 Å². The zero-order chi connectivity index (χ0) is 14.9. The molecule has 0 spiro atoms. The van der Waals surface area contributed by atoms with Crippen LogP contribution >= 0.6 is 0 Å². The van der Waals surface area contributed by atoms with Crippen LogP contribution in [0.15, 0.2) is 12.1 Å². The second kappa shape index (κ2) is 5.56. The molecule has 0 fully saturated rings. The van der Waals surface area contributed by atoms with Crippen LogP contribution in [0.2, 0.25) is 0 Å². The zero-order valence-corrected chi connectivity index (χ0v) is 12.3. The maximum absolute atomic E-state index is 14.3. The highest BCUT2D eigenvalue weighted by atomic mass is 19.1. The largest absolute Gasteiger partial charge is 0.399 e. The number of nitrogen functional groups attached to an aromatic ring is 1. The molecule has 2 N–H and O–H groups in total. The molecule has 2 aromatic rings. The number of anilines is 1. The number of halogens is 1. The summed E-state index contributed by atoms with van der Waals surface area (Å²) in [5.41, 5.74) is 7.14. The van der Waals surface area contributed by atoms with Gasteiger partial charge in [0.25, 0.3) is 0 Å². The number of hydrogen-bond donors (Lipinski definition) is 1. The number of hydrogen-bond acceptors (Lipinski definition) is 4. The molecule has 2 rings (SSSR count). The van der Waals surface area contributed by atoms with E-state index in [1.54, 1.807) is 23.7 Å². The van der Waals surface area contributed by atoms with E-state index in [1.807, 2.05) is 6.92 Å². The molecule has 20 heavy (non-hydrogen) atoms. The summed E-state index contributed by atoms with van der Waals surface area (Å²) in [4.78, 5) is 0. The van der Waals surface area contributed by atoms with Crippen molar-refractivity contribution < 1.29 is 4.39 Å². The molecule has 0 aliphatic rings. The molecule has 0 aliphatic carbocycles. The highest BCUT2D eigenvalue weighted by Crippen LogP contribution is 2.28. The summed E-state index contributed by atoms with van der Waals surface area (Å²) >= 11 is 0. The Balaban J connectivity index is 2.47. The van der Waals surface area contributed by atoms with Gasteiger partial charge in [-0.15, -0.1) is 5.10 Å². The number of rotatable bonds is 4. The standard InChI is InChI=1S/C14H20FN5/c1-8(2)5-10(4)20-14(17-18-19-20)12-7-11(16)6-9(3)13(12)15/h6-8,10H,5,16H2,1-4H3. The van der Waals surface area contributed by atoms with Crippen molar-refractivity contribution in [2.24, 2.45) is 5.92 Å². The third-order valence-electron chi connectivity index (χ3n) is 3.24. The van der Waals surface area contributed by atoms with Crippen LogP contribution in [-0.4, -0.2) is 20.2 Å². The maximum Gasteiger partial charge on any atom is 0.185 e. The molecular formula is C14H20FN5. The fourth-order valence-corrected chi connectivity index (χ4v) is 2.41. The Labute approximate surface area is 118 Å². The summed E-state index contributed by atoms with van der Waals surface area (Å²) in [6.07, 6.45) is 0.918. The van der Waals surface area contributed by atoms with Crippen molar-refractivity contribution in [2.45, 2.75) is 40.2 Å².